The molecule has 10 nitrogen and oxygen atoms in total. The van der Waals surface area contributed by atoms with Gasteiger partial charge in [-0.05, 0) is 59.1 Å². The zero-order valence-corrected chi connectivity index (χ0v) is 26.9. The molecule has 5 rings (SSSR count). The molecule has 0 aromatic heterocycles. The molecule has 232 valence electrons. The Kier molecular flexibility index (Phi) is 8.17. The van der Waals surface area contributed by atoms with Crippen LogP contribution in [-0.4, -0.2) is 78.2 Å². The van der Waals surface area contributed by atoms with Gasteiger partial charge < -0.3 is 29.2 Å². The first-order chi connectivity index (χ1) is 20.8. The third-order valence-electron chi connectivity index (χ3n) is 9.50. The van der Waals surface area contributed by atoms with Gasteiger partial charge in [0.25, 0.3) is 8.32 Å². The first kappa shape index (κ1) is 31.7. The first-order valence-corrected chi connectivity index (χ1v) is 16.5. The lowest BCUT2D eigenvalue weighted by atomic mass is 9.74. The molecular weight excluding hydrogens is 576 g/mol. The fourth-order valence-electron chi connectivity index (χ4n) is 7.06. The number of benzene rings is 3. The summed E-state index contributed by atoms with van der Waals surface area (Å²) in [6, 6.07) is 25.3. The van der Waals surface area contributed by atoms with Gasteiger partial charge in [-0.3, -0.25) is 0 Å². The number of aliphatic hydroxyl groups excluding tert-OH is 1. The Balaban J connectivity index is 1.64. The van der Waals surface area contributed by atoms with Crippen LogP contribution in [0.5, 0.6) is 5.75 Å². The van der Waals surface area contributed by atoms with Crippen LogP contribution in [0.15, 0.2) is 95.0 Å². The highest BCUT2D eigenvalue weighted by Gasteiger charge is 2.78. The predicted octanol–water partition coefficient (Wildman–Crippen LogP) is 3.71. The number of nitrogens with zero attached hydrogens (tertiary/aromatic N) is 4. The van der Waals surface area contributed by atoms with Crippen molar-refractivity contribution >= 4 is 24.6 Å². The van der Waals surface area contributed by atoms with Gasteiger partial charge in [-0.15, -0.1) is 0 Å². The van der Waals surface area contributed by atoms with Gasteiger partial charge in [-0.1, -0.05) is 86.5 Å². The van der Waals surface area contributed by atoms with Gasteiger partial charge in [-0.2, -0.15) is 0 Å². The van der Waals surface area contributed by atoms with E-state index in [9.17, 15) is 20.9 Å². The van der Waals surface area contributed by atoms with E-state index in [1.165, 1.54) is 6.92 Å². The predicted molar refractivity (Wildman–Crippen MR) is 171 cm³/mol. The second-order valence-corrected chi connectivity index (χ2v) is 17.1. The number of aliphatic hydroxyl groups is 3. The SMILES string of the molecule is COc1ccc(C2=N[C@@]3([C@H](C)O2)[C@@H](N=[N+]=[N-])[C@H](O)[C@](O)(CO[Si](c2ccccc2)(c2ccccc2)C(C)(C)C)[C@]3(C)O)cc1. The zero-order chi connectivity index (χ0) is 32.0. The van der Waals surface area contributed by atoms with Crippen molar-refractivity contribution < 1.29 is 29.2 Å². The second-order valence-electron chi connectivity index (χ2n) is 12.8. The van der Waals surface area contributed by atoms with Crippen molar-refractivity contribution in [3.8, 4) is 5.75 Å². The molecule has 11 heteroatoms. The highest BCUT2D eigenvalue weighted by atomic mass is 28.4. The third-order valence-corrected chi connectivity index (χ3v) is 14.5. The van der Waals surface area contributed by atoms with Gasteiger partial charge in [0, 0.05) is 10.5 Å². The van der Waals surface area contributed by atoms with Crippen molar-refractivity contribution in [2.75, 3.05) is 13.7 Å². The number of hydrogen-bond acceptors (Lipinski definition) is 8. The number of ether oxygens (including phenoxy) is 2. The molecule has 3 aromatic rings. The van der Waals surface area contributed by atoms with Gasteiger partial charge in [0.15, 0.2) is 0 Å². The van der Waals surface area contributed by atoms with Crippen molar-refractivity contribution in [1.29, 1.82) is 0 Å². The van der Waals surface area contributed by atoms with Crippen LogP contribution in [0.25, 0.3) is 10.4 Å². The van der Waals surface area contributed by atoms with Gasteiger partial charge >= 0.3 is 0 Å². The summed E-state index contributed by atoms with van der Waals surface area (Å²) < 4.78 is 18.4. The summed E-state index contributed by atoms with van der Waals surface area (Å²) >= 11 is 0. The first-order valence-electron chi connectivity index (χ1n) is 14.6. The molecule has 1 aliphatic heterocycles. The number of hydrogen-bond donors (Lipinski definition) is 3. The van der Waals surface area contributed by atoms with E-state index in [0.29, 0.717) is 11.3 Å². The summed E-state index contributed by atoms with van der Waals surface area (Å²) in [5.41, 5.74) is 3.95. The van der Waals surface area contributed by atoms with E-state index in [-0.39, 0.29) is 5.90 Å². The topological polar surface area (TPSA) is 150 Å². The molecule has 0 amide bonds. The lowest BCUT2D eigenvalue weighted by molar-refractivity contribution is -0.195. The summed E-state index contributed by atoms with van der Waals surface area (Å²) in [6.07, 6.45) is -2.63. The molecular formula is C33H40N4O6Si. The van der Waals surface area contributed by atoms with Gasteiger partial charge in [0.1, 0.15) is 28.6 Å². The summed E-state index contributed by atoms with van der Waals surface area (Å²) in [7, 11) is -1.64. The minimum absolute atomic E-state index is 0.183. The van der Waals surface area contributed by atoms with Crippen LogP contribution in [0.3, 0.4) is 0 Å². The average Bonchev–Trinajstić information content (AvgIpc) is 3.42. The largest absolute Gasteiger partial charge is 0.497 e. The van der Waals surface area contributed by atoms with Crippen molar-refractivity contribution in [2.45, 2.75) is 74.6 Å². The fraction of sp³-hybridized carbons (Fsp3) is 0.424. The van der Waals surface area contributed by atoms with Gasteiger partial charge in [0.05, 0.1) is 25.9 Å². The monoisotopic (exact) mass is 616 g/mol. The lowest BCUT2D eigenvalue weighted by Gasteiger charge is -2.48. The van der Waals surface area contributed by atoms with Crippen LogP contribution in [0, 0.1) is 0 Å². The van der Waals surface area contributed by atoms with E-state index in [4.69, 9.17) is 18.9 Å². The fourth-order valence-corrected chi connectivity index (χ4v) is 11.6. The van der Waals surface area contributed by atoms with E-state index in [2.05, 4.69) is 30.8 Å². The molecule has 1 spiro atoms. The Morgan fingerprint density at radius 3 is 2.00 bits per heavy atom. The molecule has 0 saturated heterocycles. The number of methoxy groups -OCH3 is 1. The molecule has 1 fully saturated rings. The maximum absolute atomic E-state index is 12.4. The molecule has 44 heavy (non-hydrogen) atoms. The summed E-state index contributed by atoms with van der Waals surface area (Å²) in [5.74, 6) is 0.822. The molecule has 1 aliphatic carbocycles. The van der Waals surface area contributed by atoms with Crippen molar-refractivity contribution in [2.24, 2.45) is 10.1 Å². The van der Waals surface area contributed by atoms with E-state index < -0.39 is 55.0 Å². The van der Waals surface area contributed by atoms with Crippen LogP contribution in [-0.2, 0) is 9.16 Å². The van der Waals surface area contributed by atoms with Crippen molar-refractivity contribution in [1.82, 2.24) is 0 Å². The van der Waals surface area contributed by atoms with E-state index in [0.717, 1.165) is 10.4 Å². The molecule has 3 N–H and O–H groups in total. The Morgan fingerprint density at radius 1 is 0.977 bits per heavy atom. The lowest BCUT2D eigenvalue weighted by Crippen LogP contribution is -2.71. The molecule has 0 unspecified atom stereocenters. The van der Waals surface area contributed by atoms with Crippen LogP contribution in [0.4, 0.5) is 0 Å². The quantitative estimate of drug-likeness (QED) is 0.152. The summed E-state index contributed by atoms with van der Waals surface area (Å²) in [5, 5.41) is 42.1. The van der Waals surface area contributed by atoms with Crippen LogP contribution in [0.2, 0.25) is 5.04 Å². The van der Waals surface area contributed by atoms with Crippen LogP contribution < -0.4 is 15.1 Å². The maximum Gasteiger partial charge on any atom is 0.261 e. The zero-order valence-electron chi connectivity index (χ0n) is 25.9. The highest BCUT2D eigenvalue weighted by molar-refractivity contribution is 6.99. The molecule has 3 aromatic carbocycles. The standard InChI is InChI=1S/C33H40N4O6Si/c1-22-33(35-29(43-22)23-17-19-24(41-6)20-18-23)27(36-37-34)28(38)32(40,31(33,5)39)21-42-44(30(2,3)4,25-13-9-7-10-14-25)26-15-11-8-12-16-26/h7-20,22,27-28,38-40H,21H2,1-6H3/t22-,27-,28-,31-,32+,33-/m0/s1. The number of azide groups is 1. The molecule has 0 radical (unpaired) electrons. The average molecular weight is 617 g/mol. The van der Waals surface area contributed by atoms with Crippen molar-refractivity contribution in [3.63, 3.8) is 0 Å². The number of aliphatic imine (C=N–C) groups is 1. The van der Waals surface area contributed by atoms with Gasteiger partial charge in [0.2, 0.25) is 5.90 Å². The smallest absolute Gasteiger partial charge is 0.261 e. The normalized spacial score (nSPS) is 30.0. The maximum atomic E-state index is 12.4. The Labute approximate surface area is 258 Å². The summed E-state index contributed by atoms with van der Waals surface area (Å²) in [4.78, 5) is 7.79. The summed E-state index contributed by atoms with van der Waals surface area (Å²) in [6.45, 7) is 8.89. The van der Waals surface area contributed by atoms with E-state index in [1.54, 1.807) is 38.3 Å². The van der Waals surface area contributed by atoms with Crippen LogP contribution >= 0.6 is 0 Å². The second kappa shape index (κ2) is 11.3. The van der Waals surface area contributed by atoms with Crippen LogP contribution in [0.1, 0.15) is 40.2 Å². The molecule has 6 atom stereocenters. The molecule has 1 heterocycles. The van der Waals surface area contributed by atoms with E-state index >= 15 is 0 Å². The Hall–Kier alpha value is -3.70. The van der Waals surface area contributed by atoms with E-state index in [1.807, 2.05) is 60.7 Å². The minimum atomic E-state index is -3.20. The highest BCUT2D eigenvalue weighted by Crippen LogP contribution is 2.55. The van der Waals surface area contributed by atoms with Crippen molar-refractivity contribution in [3.05, 3.63) is 101 Å². The number of rotatable bonds is 8. The molecule has 2 aliphatic rings. The molecule has 1 saturated carbocycles. The Bertz CT molecular complexity index is 1520. The Morgan fingerprint density at radius 2 is 1.52 bits per heavy atom. The van der Waals surface area contributed by atoms with Gasteiger partial charge in [-0.25, -0.2) is 4.99 Å². The third kappa shape index (κ3) is 4.54. The molecule has 0 bridgehead atoms. The minimum Gasteiger partial charge on any atom is -0.497 e.